The molecule has 8 heteroatoms. The Balaban J connectivity index is 1.45. The zero-order valence-corrected chi connectivity index (χ0v) is 17.3. The Morgan fingerprint density at radius 1 is 1.11 bits per heavy atom. The Morgan fingerprint density at radius 3 is 2.43 bits per heavy atom. The Labute approximate surface area is 170 Å². The fraction of sp³-hybridized carbons (Fsp3) is 0.650. The minimum absolute atomic E-state index is 0.0835. The molecule has 0 radical (unpaired) electrons. The third-order valence-electron chi connectivity index (χ3n) is 5.53. The van der Waals surface area contributed by atoms with Gasteiger partial charge in [-0.15, -0.1) is 11.3 Å². The minimum atomic E-state index is -0.446. The van der Waals surface area contributed by atoms with Crippen LogP contribution >= 0.6 is 11.3 Å². The van der Waals surface area contributed by atoms with Gasteiger partial charge in [0.25, 0.3) is 0 Å². The van der Waals surface area contributed by atoms with Crippen molar-refractivity contribution >= 4 is 34.8 Å². The lowest BCUT2D eigenvalue weighted by Gasteiger charge is -2.33. The maximum atomic E-state index is 12.8. The average Bonchev–Trinajstić information content (AvgIpc) is 2.99. The summed E-state index contributed by atoms with van der Waals surface area (Å²) in [5, 5.41) is 4.55. The van der Waals surface area contributed by atoms with Crippen LogP contribution in [0.5, 0.6) is 0 Å². The van der Waals surface area contributed by atoms with Crippen molar-refractivity contribution in [2.75, 3.05) is 45.2 Å². The number of nitrogens with one attached hydrogen (secondary N) is 1. The molecule has 0 aliphatic carbocycles. The number of ether oxygens (including phenoxy) is 1. The summed E-state index contributed by atoms with van der Waals surface area (Å²) in [6.07, 6.45) is 6.27. The first-order chi connectivity index (χ1) is 13.6. The van der Waals surface area contributed by atoms with Crippen LogP contribution in [0, 0.1) is 5.92 Å². The van der Waals surface area contributed by atoms with E-state index in [-0.39, 0.29) is 18.4 Å². The molecule has 3 rings (SSSR count). The number of amides is 2. The molecule has 1 aromatic rings. The molecule has 2 saturated heterocycles. The fourth-order valence-corrected chi connectivity index (χ4v) is 4.70. The topological polar surface area (TPSA) is 79.0 Å². The summed E-state index contributed by atoms with van der Waals surface area (Å²) in [6.45, 7) is 3.53. The molecule has 0 unspecified atom stereocenters. The van der Waals surface area contributed by atoms with E-state index in [1.165, 1.54) is 31.3 Å². The predicted octanol–water partition coefficient (Wildman–Crippen LogP) is 2.59. The van der Waals surface area contributed by atoms with Gasteiger partial charge in [-0.1, -0.05) is 12.8 Å². The minimum Gasteiger partial charge on any atom is -0.465 e. The average molecular weight is 408 g/mol. The zero-order valence-electron chi connectivity index (χ0n) is 16.4. The largest absolute Gasteiger partial charge is 0.465 e. The second-order valence-corrected chi connectivity index (χ2v) is 8.41. The van der Waals surface area contributed by atoms with Crippen molar-refractivity contribution in [3.05, 3.63) is 16.3 Å². The number of hydrogen-bond donors (Lipinski definition) is 1. The number of nitrogens with zero attached hydrogens (tertiary/aromatic N) is 2. The molecule has 0 saturated carbocycles. The van der Waals surface area contributed by atoms with Crippen LogP contribution in [0.25, 0.3) is 0 Å². The summed E-state index contributed by atoms with van der Waals surface area (Å²) >= 11 is 1.24. The molecule has 154 valence electrons. The van der Waals surface area contributed by atoms with Crippen molar-refractivity contribution in [2.45, 2.75) is 38.5 Å². The summed E-state index contributed by atoms with van der Waals surface area (Å²) in [7, 11) is 1.32. The van der Waals surface area contributed by atoms with E-state index in [1.54, 1.807) is 11.4 Å². The molecule has 0 spiro atoms. The fourth-order valence-electron chi connectivity index (χ4n) is 3.94. The lowest BCUT2D eigenvalue weighted by atomic mass is 9.95. The number of anilines is 1. The molecule has 0 aromatic carbocycles. The number of esters is 1. The van der Waals surface area contributed by atoms with Crippen molar-refractivity contribution in [2.24, 2.45) is 5.92 Å². The number of carbonyl (C=O) groups excluding carboxylic acids is 3. The highest BCUT2D eigenvalue weighted by Crippen LogP contribution is 2.24. The SMILES string of the molecule is COC(=O)c1sccc1NC(=O)CN1CCC(C(=O)N2CCCCCC2)CC1. The van der Waals surface area contributed by atoms with E-state index < -0.39 is 5.97 Å². The van der Waals surface area contributed by atoms with Gasteiger partial charge >= 0.3 is 5.97 Å². The van der Waals surface area contributed by atoms with Gasteiger partial charge in [-0.3, -0.25) is 14.5 Å². The second-order valence-electron chi connectivity index (χ2n) is 7.49. The van der Waals surface area contributed by atoms with E-state index in [2.05, 4.69) is 10.2 Å². The molecule has 1 N–H and O–H groups in total. The molecule has 3 heterocycles. The van der Waals surface area contributed by atoms with Gasteiger partial charge in [-0.2, -0.15) is 0 Å². The van der Waals surface area contributed by atoms with Crippen LogP contribution in [0.2, 0.25) is 0 Å². The standard InChI is InChI=1S/C20H29N3O4S/c1-27-20(26)18-16(8-13-28-18)21-17(24)14-22-11-6-15(7-12-22)19(25)23-9-4-2-3-5-10-23/h8,13,15H,2-7,9-12,14H2,1H3,(H,21,24). The first kappa shape index (κ1) is 20.8. The van der Waals surface area contributed by atoms with Gasteiger partial charge in [-0.05, 0) is 50.2 Å². The molecular formula is C20H29N3O4S. The van der Waals surface area contributed by atoms with Crippen LogP contribution in [0.4, 0.5) is 5.69 Å². The van der Waals surface area contributed by atoms with E-state index in [1.807, 2.05) is 4.90 Å². The van der Waals surface area contributed by atoms with Gasteiger partial charge in [0.15, 0.2) is 0 Å². The van der Waals surface area contributed by atoms with Gasteiger partial charge in [0.2, 0.25) is 11.8 Å². The zero-order chi connectivity index (χ0) is 19.9. The number of piperidine rings is 1. The first-order valence-electron chi connectivity index (χ1n) is 10.1. The number of methoxy groups -OCH3 is 1. The number of hydrogen-bond acceptors (Lipinski definition) is 6. The van der Waals surface area contributed by atoms with E-state index in [9.17, 15) is 14.4 Å². The maximum absolute atomic E-state index is 12.8. The van der Waals surface area contributed by atoms with Gasteiger partial charge in [0.05, 0.1) is 19.3 Å². The molecular weight excluding hydrogens is 378 g/mol. The molecule has 7 nitrogen and oxygen atoms in total. The normalized spacial score (nSPS) is 19.1. The van der Waals surface area contributed by atoms with E-state index >= 15 is 0 Å². The highest BCUT2D eigenvalue weighted by Gasteiger charge is 2.29. The number of thiophene rings is 1. The molecule has 2 fully saturated rings. The number of carbonyl (C=O) groups is 3. The summed E-state index contributed by atoms with van der Waals surface area (Å²) < 4.78 is 4.73. The van der Waals surface area contributed by atoms with E-state index in [0.29, 0.717) is 16.5 Å². The second kappa shape index (κ2) is 10.0. The Hall–Kier alpha value is -1.93. The summed E-state index contributed by atoms with van der Waals surface area (Å²) in [4.78, 5) is 41.4. The summed E-state index contributed by atoms with van der Waals surface area (Å²) in [6, 6.07) is 1.71. The quantitative estimate of drug-likeness (QED) is 0.759. The van der Waals surface area contributed by atoms with Gasteiger partial charge < -0.3 is 15.0 Å². The van der Waals surface area contributed by atoms with E-state index in [4.69, 9.17) is 4.74 Å². The monoisotopic (exact) mass is 407 g/mol. The summed E-state index contributed by atoms with van der Waals surface area (Å²) in [5.41, 5.74) is 0.494. The molecule has 2 aliphatic rings. The van der Waals surface area contributed by atoms with Crippen LogP contribution in [0.1, 0.15) is 48.2 Å². The molecule has 1 aromatic heterocycles. The van der Waals surface area contributed by atoms with Gasteiger partial charge in [-0.25, -0.2) is 4.79 Å². The summed E-state index contributed by atoms with van der Waals surface area (Å²) in [5.74, 6) is -0.216. The van der Waals surface area contributed by atoms with Crippen LogP contribution in [0.15, 0.2) is 11.4 Å². The van der Waals surface area contributed by atoms with Crippen LogP contribution in [0.3, 0.4) is 0 Å². The Kier molecular flexibility index (Phi) is 7.44. The number of rotatable bonds is 5. The van der Waals surface area contributed by atoms with Crippen molar-refractivity contribution in [1.82, 2.24) is 9.80 Å². The molecule has 0 bridgehead atoms. The van der Waals surface area contributed by atoms with E-state index in [0.717, 1.165) is 51.9 Å². The molecule has 0 atom stereocenters. The Morgan fingerprint density at radius 2 is 1.79 bits per heavy atom. The van der Waals surface area contributed by atoms with Crippen LogP contribution < -0.4 is 5.32 Å². The van der Waals surface area contributed by atoms with Gasteiger partial charge in [0.1, 0.15) is 4.88 Å². The third kappa shape index (κ3) is 5.32. The van der Waals surface area contributed by atoms with Crippen LogP contribution in [-0.2, 0) is 14.3 Å². The highest BCUT2D eigenvalue weighted by molar-refractivity contribution is 7.12. The van der Waals surface area contributed by atoms with Crippen molar-refractivity contribution in [3.63, 3.8) is 0 Å². The van der Waals surface area contributed by atoms with Crippen molar-refractivity contribution < 1.29 is 19.1 Å². The predicted molar refractivity (Wildman–Crippen MR) is 109 cm³/mol. The van der Waals surface area contributed by atoms with Crippen molar-refractivity contribution in [3.8, 4) is 0 Å². The van der Waals surface area contributed by atoms with Gasteiger partial charge in [0, 0.05) is 19.0 Å². The number of likely N-dealkylation sites (tertiary alicyclic amines) is 2. The lowest BCUT2D eigenvalue weighted by molar-refractivity contribution is -0.137. The third-order valence-corrected chi connectivity index (χ3v) is 6.43. The first-order valence-corrected chi connectivity index (χ1v) is 10.9. The van der Waals surface area contributed by atoms with Crippen molar-refractivity contribution in [1.29, 1.82) is 0 Å². The maximum Gasteiger partial charge on any atom is 0.350 e. The smallest absolute Gasteiger partial charge is 0.350 e. The molecule has 2 aliphatic heterocycles. The lowest BCUT2D eigenvalue weighted by Crippen LogP contribution is -2.44. The Bertz CT molecular complexity index is 689. The molecule has 28 heavy (non-hydrogen) atoms. The highest BCUT2D eigenvalue weighted by atomic mass is 32.1. The van der Waals surface area contributed by atoms with Crippen LogP contribution in [-0.4, -0.2) is 67.4 Å². The molecule has 2 amide bonds.